The molecule has 2 aromatic rings. The predicted octanol–water partition coefficient (Wildman–Crippen LogP) is 1.52. The van der Waals surface area contributed by atoms with Gasteiger partial charge in [-0.25, -0.2) is 4.98 Å². The lowest BCUT2D eigenvalue weighted by Crippen LogP contribution is -2.43. The Morgan fingerprint density at radius 1 is 1.14 bits per heavy atom. The number of para-hydroxylation sites is 1. The molecule has 28 heavy (non-hydrogen) atoms. The van der Waals surface area contributed by atoms with Crippen molar-refractivity contribution in [1.29, 1.82) is 0 Å². The minimum atomic E-state index is -3.56. The quantitative estimate of drug-likeness (QED) is 0.726. The molecule has 4 rings (SSSR count). The van der Waals surface area contributed by atoms with Crippen molar-refractivity contribution in [2.24, 2.45) is 0 Å². The normalized spacial score (nSPS) is 21.7. The highest BCUT2D eigenvalue weighted by atomic mass is 32.2. The summed E-state index contributed by atoms with van der Waals surface area (Å²) in [6.07, 6.45) is 3.20. The Labute approximate surface area is 164 Å². The third-order valence-electron chi connectivity index (χ3n) is 5.60. The van der Waals surface area contributed by atoms with Gasteiger partial charge in [0, 0.05) is 26.7 Å². The summed E-state index contributed by atoms with van der Waals surface area (Å²) < 4.78 is 36.3. The van der Waals surface area contributed by atoms with E-state index in [1.54, 1.807) is 28.1 Å². The number of rotatable bonds is 6. The number of fused-ring (bicyclic) bond motifs is 1. The zero-order valence-electron chi connectivity index (χ0n) is 16.1. The van der Waals surface area contributed by atoms with Gasteiger partial charge in [0.05, 0.1) is 30.1 Å². The van der Waals surface area contributed by atoms with Crippen LogP contribution in [-0.2, 0) is 21.5 Å². The molecule has 0 spiro atoms. The SMILES string of the molecule is COCCn1c(C2CCCN2S(=O)(=O)N2CCCC2)nc2ccccc2c1=O. The highest BCUT2D eigenvalue weighted by Crippen LogP contribution is 2.35. The van der Waals surface area contributed by atoms with Gasteiger partial charge in [-0.15, -0.1) is 0 Å². The van der Waals surface area contributed by atoms with Gasteiger partial charge in [0.25, 0.3) is 15.8 Å². The molecule has 0 saturated carbocycles. The van der Waals surface area contributed by atoms with Crippen LogP contribution < -0.4 is 5.56 Å². The molecule has 2 aliphatic rings. The summed E-state index contributed by atoms with van der Waals surface area (Å²) in [4.78, 5) is 17.9. The Morgan fingerprint density at radius 2 is 1.89 bits per heavy atom. The van der Waals surface area contributed by atoms with Crippen LogP contribution in [0.25, 0.3) is 10.9 Å². The second kappa shape index (κ2) is 7.90. The molecule has 3 heterocycles. The van der Waals surface area contributed by atoms with Gasteiger partial charge < -0.3 is 4.74 Å². The van der Waals surface area contributed by atoms with Crippen LogP contribution in [0.2, 0.25) is 0 Å². The maximum Gasteiger partial charge on any atom is 0.282 e. The number of hydrogen-bond acceptors (Lipinski definition) is 5. The Morgan fingerprint density at radius 3 is 2.64 bits per heavy atom. The highest BCUT2D eigenvalue weighted by Gasteiger charge is 2.41. The van der Waals surface area contributed by atoms with E-state index in [0.29, 0.717) is 55.9 Å². The predicted molar refractivity (Wildman–Crippen MR) is 106 cm³/mol. The monoisotopic (exact) mass is 406 g/mol. The zero-order chi connectivity index (χ0) is 19.7. The molecule has 0 N–H and O–H groups in total. The van der Waals surface area contributed by atoms with Gasteiger partial charge in [-0.05, 0) is 37.8 Å². The van der Waals surface area contributed by atoms with E-state index in [0.717, 1.165) is 19.3 Å². The molecule has 0 bridgehead atoms. The summed E-state index contributed by atoms with van der Waals surface area (Å²) in [5.41, 5.74) is 0.449. The fourth-order valence-corrected chi connectivity index (χ4v) is 6.08. The van der Waals surface area contributed by atoms with Crippen molar-refractivity contribution in [1.82, 2.24) is 18.2 Å². The molecule has 2 fully saturated rings. The van der Waals surface area contributed by atoms with Crippen molar-refractivity contribution in [3.63, 3.8) is 0 Å². The molecule has 1 aromatic heterocycles. The lowest BCUT2D eigenvalue weighted by atomic mass is 10.2. The van der Waals surface area contributed by atoms with Crippen LogP contribution in [0, 0.1) is 0 Å². The van der Waals surface area contributed by atoms with E-state index >= 15 is 0 Å². The molecule has 2 aliphatic heterocycles. The molecule has 1 unspecified atom stereocenters. The Kier molecular flexibility index (Phi) is 5.50. The van der Waals surface area contributed by atoms with Crippen LogP contribution in [0.1, 0.15) is 37.5 Å². The molecule has 2 saturated heterocycles. The third kappa shape index (κ3) is 3.36. The van der Waals surface area contributed by atoms with Crippen molar-refractivity contribution in [3.8, 4) is 0 Å². The fraction of sp³-hybridized carbons (Fsp3) is 0.579. The maximum absolute atomic E-state index is 13.2. The average molecular weight is 407 g/mol. The summed E-state index contributed by atoms with van der Waals surface area (Å²) in [5, 5.41) is 0.536. The van der Waals surface area contributed by atoms with Crippen molar-refractivity contribution >= 4 is 21.1 Å². The minimum absolute atomic E-state index is 0.150. The lowest BCUT2D eigenvalue weighted by Gasteiger charge is -2.29. The first-order valence-electron chi connectivity index (χ1n) is 9.79. The molecular formula is C19H26N4O4S. The highest BCUT2D eigenvalue weighted by molar-refractivity contribution is 7.86. The third-order valence-corrected chi connectivity index (χ3v) is 7.65. The summed E-state index contributed by atoms with van der Waals surface area (Å²) in [5.74, 6) is 0.515. The van der Waals surface area contributed by atoms with Gasteiger partial charge in [-0.2, -0.15) is 17.0 Å². The molecule has 152 valence electrons. The largest absolute Gasteiger partial charge is 0.383 e. The summed E-state index contributed by atoms with van der Waals surface area (Å²) in [6, 6.07) is 6.77. The van der Waals surface area contributed by atoms with E-state index in [2.05, 4.69) is 0 Å². The smallest absolute Gasteiger partial charge is 0.282 e. The second-order valence-electron chi connectivity index (χ2n) is 7.32. The Balaban J connectivity index is 1.81. The molecular weight excluding hydrogens is 380 g/mol. The van der Waals surface area contributed by atoms with E-state index in [1.807, 2.05) is 12.1 Å². The number of nitrogens with zero attached hydrogens (tertiary/aromatic N) is 4. The van der Waals surface area contributed by atoms with Crippen LogP contribution >= 0.6 is 0 Å². The standard InChI is InChI=1S/C19H26N4O4S/c1-27-14-13-22-18(20-16-8-3-2-7-15(16)19(22)24)17-9-6-12-23(17)28(25,26)21-10-4-5-11-21/h2-3,7-8,17H,4-6,9-14H2,1H3. The van der Waals surface area contributed by atoms with Crippen molar-refractivity contribution in [2.75, 3.05) is 33.4 Å². The van der Waals surface area contributed by atoms with E-state index in [4.69, 9.17) is 9.72 Å². The second-order valence-corrected chi connectivity index (χ2v) is 9.20. The first kappa shape index (κ1) is 19.5. The van der Waals surface area contributed by atoms with Gasteiger partial charge in [0.2, 0.25) is 0 Å². The molecule has 9 heteroatoms. The number of hydrogen-bond donors (Lipinski definition) is 0. The number of methoxy groups -OCH3 is 1. The fourth-order valence-electron chi connectivity index (χ4n) is 4.18. The topological polar surface area (TPSA) is 84.7 Å². The van der Waals surface area contributed by atoms with E-state index in [9.17, 15) is 13.2 Å². The number of benzene rings is 1. The average Bonchev–Trinajstić information content (AvgIpc) is 3.39. The van der Waals surface area contributed by atoms with Crippen molar-refractivity contribution in [2.45, 2.75) is 38.3 Å². The summed E-state index contributed by atoms with van der Waals surface area (Å²) in [7, 11) is -1.98. The van der Waals surface area contributed by atoms with E-state index in [1.165, 1.54) is 4.31 Å². The van der Waals surface area contributed by atoms with Gasteiger partial charge >= 0.3 is 0 Å². The molecule has 0 aliphatic carbocycles. The lowest BCUT2D eigenvalue weighted by molar-refractivity contribution is 0.183. The van der Waals surface area contributed by atoms with Crippen LogP contribution in [0.5, 0.6) is 0 Å². The van der Waals surface area contributed by atoms with E-state index < -0.39 is 16.3 Å². The van der Waals surface area contributed by atoms with Crippen LogP contribution in [0.15, 0.2) is 29.1 Å². The van der Waals surface area contributed by atoms with Crippen molar-refractivity contribution in [3.05, 3.63) is 40.4 Å². The molecule has 0 radical (unpaired) electrons. The van der Waals surface area contributed by atoms with Gasteiger partial charge in [0.1, 0.15) is 5.82 Å². The van der Waals surface area contributed by atoms with E-state index in [-0.39, 0.29) is 5.56 Å². The van der Waals surface area contributed by atoms with Gasteiger partial charge in [-0.1, -0.05) is 12.1 Å². The molecule has 0 amide bonds. The zero-order valence-corrected chi connectivity index (χ0v) is 16.9. The molecule has 1 atom stereocenters. The van der Waals surface area contributed by atoms with Gasteiger partial charge in [-0.3, -0.25) is 9.36 Å². The first-order chi connectivity index (χ1) is 13.5. The van der Waals surface area contributed by atoms with Gasteiger partial charge in [0.15, 0.2) is 0 Å². The van der Waals surface area contributed by atoms with Crippen LogP contribution in [0.3, 0.4) is 0 Å². The number of aromatic nitrogens is 2. The Bertz CT molecular complexity index is 1010. The molecule has 1 aromatic carbocycles. The number of ether oxygens (including phenoxy) is 1. The first-order valence-corrected chi connectivity index (χ1v) is 11.2. The molecule has 8 nitrogen and oxygen atoms in total. The van der Waals surface area contributed by atoms with Crippen LogP contribution in [-0.4, -0.2) is 59.9 Å². The minimum Gasteiger partial charge on any atom is -0.383 e. The van der Waals surface area contributed by atoms with Crippen LogP contribution in [0.4, 0.5) is 0 Å². The Hall–Kier alpha value is -1.81. The maximum atomic E-state index is 13.2. The van der Waals surface area contributed by atoms with Crippen molar-refractivity contribution < 1.29 is 13.2 Å². The summed E-state index contributed by atoms with van der Waals surface area (Å²) in [6.45, 7) is 2.28. The summed E-state index contributed by atoms with van der Waals surface area (Å²) >= 11 is 0.